The van der Waals surface area contributed by atoms with Gasteiger partial charge in [-0.3, -0.25) is 14.6 Å². The van der Waals surface area contributed by atoms with E-state index in [9.17, 15) is 34.5 Å². The Kier molecular flexibility index (Phi) is 14.4. The van der Waals surface area contributed by atoms with E-state index < -0.39 is 29.9 Å². The number of carbonyl (C=O) groups excluding carboxylic acids is 3. The molecule has 2 unspecified atom stereocenters. The third-order valence-corrected chi connectivity index (χ3v) is 14.2. The van der Waals surface area contributed by atoms with Gasteiger partial charge in [-0.25, -0.2) is 23.9 Å². The predicted molar refractivity (Wildman–Crippen MR) is 274 cm³/mol. The van der Waals surface area contributed by atoms with Crippen molar-refractivity contribution in [1.82, 2.24) is 39.0 Å². The second-order valence-electron chi connectivity index (χ2n) is 20.6. The van der Waals surface area contributed by atoms with Crippen LogP contribution in [0.5, 0.6) is 23.3 Å². The van der Waals surface area contributed by atoms with E-state index in [1.165, 1.54) is 15.5 Å². The molecule has 1 fully saturated rings. The molecule has 1 saturated heterocycles. The minimum Gasteiger partial charge on any atom is -0.508 e. The van der Waals surface area contributed by atoms with E-state index in [4.69, 9.17) is 23.9 Å². The van der Waals surface area contributed by atoms with Gasteiger partial charge >= 0.3 is 24.2 Å². The zero-order valence-corrected chi connectivity index (χ0v) is 43.2. The molecule has 0 bridgehead atoms. The van der Waals surface area contributed by atoms with Crippen LogP contribution in [-0.2, 0) is 45.1 Å². The summed E-state index contributed by atoms with van der Waals surface area (Å²) in [5.74, 6) is -0.398. The molecule has 3 N–H and O–H groups in total. The Morgan fingerprint density at radius 3 is 2.35 bits per heavy atom. The van der Waals surface area contributed by atoms with Crippen molar-refractivity contribution < 1.29 is 48.7 Å². The molecule has 74 heavy (non-hydrogen) atoms. The highest BCUT2D eigenvalue weighted by Crippen LogP contribution is 2.41. The fourth-order valence-electron chi connectivity index (χ4n) is 10.3. The second-order valence-corrected chi connectivity index (χ2v) is 20.6. The van der Waals surface area contributed by atoms with Gasteiger partial charge < -0.3 is 43.7 Å². The molecule has 9 rings (SSSR count). The normalized spacial score (nSPS) is 16.1. The molecule has 19 nitrogen and oxygen atoms in total. The monoisotopic (exact) mass is 1010 g/mol. The Morgan fingerprint density at radius 2 is 1.66 bits per heavy atom. The van der Waals surface area contributed by atoms with Gasteiger partial charge in [0.15, 0.2) is 5.82 Å². The van der Waals surface area contributed by atoms with Crippen LogP contribution in [0, 0.1) is 0 Å². The number of amides is 1. The fraction of sp³-hybridized carbons (Fsp3) is 0.436. The van der Waals surface area contributed by atoms with Crippen molar-refractivity contribution in [2.24, 2.45) is 0 Å². The number of hydrogen-bond acceptors (Lipinski definition) is 16. The van der Waals surface area contributed by atoms with Crippen molar-refractivity contribution in [3.05, 3.63) is 104 Å². The quantitative estimate of drug-likeness (QED) is 0.0529. The van der Waals surface area contributed by atoms with Crippen LogP contribution in [0.4, 0.5) is 9.59 Å². The number of phenolic OH excluding ortho intramolecular Hbond substituents is 2. The lowest BCUT2D eigenvalue weighted by Crippen LogP contribution is -2.50. The number of rotatable bonds is 14. The summed E-state index contributed by atoms with van der Waals surface area (Å²) in [7, 11) is 1.64. The number of fused-ring (bicyclic) bond motifs is 5. The highest BCUT2D eigenvalue weighted by Gasteiger charge is 2.39. The number of ether oxygens (including phenoxy) is 4. The van der Waals surface area contributed by atoms with E-state index in [0.717, 1.165) is 67.6 Å². The number of piperazine rings is 1. The predicted octanol–water partition coefficient (Wildman–Crippen LogP) is 8.33. The number of esters is 1. The maximum absolute atomic E-state index is 14.1. The van der Waals surface area contributed by atoms with Gasteiger partial charge in [0.1, 0.15) is 29.5 Å². The average Bonchev–Trinajstić information content (AvgIpc) is 3.93. The maximum atomic E-state index is 14.1. The first-order valence-corrected chi connectivity index (χ1v) is 25.3. The molecule has 3 aliphatic heterocycles. The Hall–Kier alpha value is -7.51. The lowest BCUT2D eigenvalue weighted by Gasteiger charge is -2.39. The molecule has 0 spiro atoms. The summed E-state index contributed by atoms with van der Waals surface area (Å²) in [5, 5.41) is 40.6. The highest BCUT2D eigenvalue weighted by atomic mass is 16.7. The summed E-state index contributed by atoms with van der Waals surface area (Å²) in [6.45, 7) is 18.0. The molecule has 19 heteroatoms. The van der Waals surface area contributed by atoms with E-state index in [1.54, 1.807) is 62.7 Å². The van der Waals surface area contributed by atoms with Crippen LogP contribution in [0.1, 0.15) is 113 Å². The summed E-state index contributed by atoms with van der Waals surface area (Å²) in [6.07, 6.45) is 0.139. The Bertz CT molecular complexity index is 3190. The maximum Gasteiger partial charge on any atom is 0.514 e. The molecule has 2 atom stereocenters. The SMILES string of the molecule is CCc1c2c(nc3ccc(OC(=O)OC(C)(C)C)cc13)-c1cc3c(c(=O)n1C2)COC(=O)C3OC(=O)N(C)CCCC(CC)N1CCN(Cc2ccc(-n3c(O)nnc3-c3cc(C(C)C)c(O)cc3O)cc2)CC1. The van der Waals surface area contributed by atoms with E-state index in [0.29, 0.717) is 64.9 Å². The van der Waals surface area contributed by atoms with E-state index in [1.807, 2.05) is 45.0 Å². The van der Waals surface area contributed by atoms with Gasteiger partial charge in [0.05, 0.1) is 40.3 Å². The minimum atomic E-state index is -1.44. The fourth-order valence-corrected chi connectivity index (χ4v) is 10.3. The number of hydrogen-bond donors (Lipinski definition) is 3. The lowest BCUT2D eigenvalue weighted by molar-refractivity contribution is -0.158. The van der Waals surface area contributed by atoms with Gasteiger partial charge in [-0.1, -0.05) is 44.9 Å². The van der Waals surface area contributed by atoms with Crippen LogP contribution in [0.3, 0.4) is 0 Å². The molecular weight excluding hydrogens is 949 g/mol. The topological polar surface area (TPSA) is 224 Å². The Labute approximate surface area is 428 Å². The zero-order valence-electron chi connectivity index (χ0n) is 43.2. The van der Waals surface area contributed by atoms with Crippen molar-refractivity contribution in [3.8, 4) is 51.7 Å². The molecule has 3 aromatic heterocycles. The standard InChI is InChI=1S/C55H64N8O11/c1-9-33(61-22-20-60(21-23-61)28-32-13-15-34(16-14-32)63-49(57-58-52(63)68)40-25-37(31(3)4)45(64)27-46(40)65)12-11-19-59(8)53(69)73-48-39-26-44-47-41(29-62(44)50(66)42(39)30-71-51(48)67)36(10-2)38-24-35(17-18-43(38)56-47)72-54(70)74-55(5,6)7/h13-18,24-27,31,33,48,64-65H,9-12,19-23,28-30H2,1-8H3,(H,58,68). The van der Waals surface area contributed by atoms with Gasteiger partial charge in [-0.2, -0.15) is 0 Å². The first kappa shape index (κ1) is 51.4. The lowest BCUT2D eigenvalue weighted by atomic mass is 9.97. The number of aromatic nitrogens is 5. The Morgan fingerprint density at radius 1 is 0.919 bits per heavy atom. The Balaban J connectivity index is 0.794. The summed E-state index contributed by atoms with van der Waals surface area (Å²) >= 11 is 0. The van der Waals surface area contributed by atoms with Crippen LogP contribution in [-0.4, -0.2) is 124 Å². The van der Waals surface area contributed by atoms with Crippen LogP contribution in [0.15, 0.2) is 65.5 Å². The highest BCUT2D eigenvalue weighted by molar-refractivity contribution is 5.90. The van der Waals surface area contributed by atoms with Crippen molar-refractivity contribution in [3.63, 3.8) is 0 Å². The smallest absolute Gasteiger partial charge is 0.508 e. The molecule has 6 aromatic rings. The van der Waals surface area contributed by atoms with Crippen LogP contribution >= 0.6 is 0 Å². The number of carbonyl (C=O) groups is 3. The third-order valence-electron chi connectivity index (χ3n) is 14.2. The number of benzene rings is 3. The largest absolute Gasteiger partial charge is 0.514 e. The van der Waals surface area contributed by atoms with Gasteiger partial charge in [-0.15, -0.1) is 5.10 Å². The van der Waals surface area contributed by atoms with Crippen LogP contribution < -0.4 is 10.3 Å². The number of aryl methyl sites for hydroxylation is 1. The van der Waals surface area contributed by atoms with Gasteiger partial charge in [0, 0.05) is 74.9 Å². The number of aromatic hydroxyl groups is 3. The van der Waals surface area contributed by atoms with Gasteiger partial charge in [-0.05, 0) is 112 Å². The third kappa shape index (κ3) is 10.3. The van der Waals surface area contributed by atoms with Gasteiger partial charge in [0.2, 0.25) is 6.10 Å². The summed E-state index contributed by atoms with van der Waals surface area (Å²) < 4.78 is 25.2. The van der Waals surface area contributed by atoms with E-state index in [2.05, 4.69) is 26.9 Å². The van der Waals surface area contributed by atoms with Crippen molar-refractivity contribution >= 4 is 29.1 Å². The average molecular weight is 1010 g/mol. The summed E-state index contributed by atoms with van der Waals surface area (Å²) in [6, 6.07) is 17.6. The van der Waals surface area contributed by atoms with Crippen LogP contribution in [0.2, 0.25) is 0 Å². The second kappa shape index (κ2) is 20.8. The first-order chi connectivity index (χ1) is 35.3. The number of phenols is 2. The zero-order chi connectivity index (χ0) is 52.7. The molecule has 0 saturated carbocycles. The summed E-state index contributed by atoms with van der Waals surface area (Å²) in [5.41, 5.74) is 5.66. The molecule has 3 aliphatic rings. The first-order valence-electron chi connectivity index (χ1n) is 25.3. The molecular formula is C55H64N8O11. The molecule has 0 radical (unpaired) electrons. The molecule has 0 aliphatic carbocycles. The van der Waals surface area contributed by atoms with Gasteiger partial charge in [0.25, 0.3) is 5.56 Å². The molecule has 3 aromatic carbocycles. The van der Waals surface area contributed by atoms with Crippen molar-refractivity contribution in [2.45, 2.75) is 118 Å². The minimum absolute atomic E-state index is 0.0108. The molecule has 390 valence electrons. The summed E-state index contributed by atoms with van der Waals surface area (Å²) in [4.78, 5) is 64.9. The number of nitrogens with zero attached hydrogens (tertiary/aromatic N) is 8. The number of cyclic esters (lactones) is 1. The molecule has 1 amide bonds. The van der Waals surface area contributed by atoms with Crippen molar-refractivity contribution in [1.29, 1.82) is 0 Å². The van der Waals surface area contributed by atoms with E-state index in [-0.39, 0.29) is 59.1 Å². The molecule has 6 heterocycles. The van der Waals surface area contributed by atoms with E-state index >= 15 is 0 Å². The van der Waals surface area contributed by atoms with Crippen molar-refractivity contribution in [2.75, 3.05) is 39.8 Å². The number of pyridine rings is 2. The van der Waals surface area contributed by atoms with Crippen LogP contribution in [0.25, 0.3) is 39.4 Å².